The maximum absolute atomic E-state index is 12.9. The highest BCUT2D eigenvalue weighted by molar-refractivity contribution is 7.91. The second-order valence-electron chi connectivity index (χ2n) is 5.94. The molecule has 6 heteroatoms. The Morgan fingerprint density at radius 1 is 1.33 bits per heavy atom. The third kappa shape index (κ3) is 4.06. The van der Waals surface area contributed by atoms with Gasteiger partial charge in [0.15, 0.2) is 0 Å². The molecule has 2 rings (SSSR count). The summed E-state index contributed by atoms with van der Waals surface area (Å²) in [6, 6.07) is 3.69. The molecule has 1 N–H and O–H groups in total. The Kier molecular flexibility index (Phi) is 5.82. The minimum absolute atomic E-state index is 0.00272. The number of piperidine rings is 1. The van der Waals surface area contributed by atoms with Crippen LogP contribution in [0.15, 0.2) is 16.3 Å². The van der Waals surface area contributed by atoms with E-state index in [4.69, 9.17) is 0 Å². The molecular weight excluding hydrogens is 304 g/mol. The molecule has 0 aromatic carbocycles. The quantitative estimate of drug-likeness (QED) is 0.872. The Labute approximate surface area is 132 Å². The number of nitrogens with one attached hydrogen (secondary N) is 1. The van der Waals surface area contributed by atoms with Gasteiger partial charge in [-0.05, 0) is 64.3 Å². The summed E-state index contributed by atoms with van der Waals surface area (Å²) in [4.78, 5) is 1.12. The average Bonchev–Trinajstić information content (AvgIpc) is 2.95. The molecule has 0 atom stereocenters. The first kappa shape index (κ1) is 16.9. The van der Waals surface area contributed by atoms with E-state index in [0.717, 1.165) is 37.2 Å². The molecule has 1 aromatic heterocycles. The number of hydrogen-bond donors (Lipinski definition) is 1. The van der Waals surface area contributed by atoms with E-state index in [-0.39, 0.29) is 6.04 Å². The highest BCUT2D eigenvalue weighted by atomic mass is 32.2. The molecule has 1 aliphatic heterocycles. The van der Waals surface area contributed by atoms with Crippen LogP contribution in [0.25, 0.3) is 0 Å². The van der Waals surface area contributed by atoms with Crippen molar-refractivity contribution in [1.82, 2.24) is 9.62 Å². The molecule has 21 heavy (non-hydrogen) atoms. The van der Waals surface area contributed by atoms with Gasteiger partial charge in [-0.3, -0.25) is 0 Å². The molecule has 2 heterocycles. The van der Waals surface area contributed by atoms with E-state index < -0.39 is 10.0 Å². The first-order valence-corrected chi connectivity index (χ1v) is 10.0. The van der Waals surface area contributed by atoms with Crippen LogP contribution < -0.4 is 5.32 Å². The number of nitrogens with zero attached hydrogens (tertiary/aromatic N) is 1. The molecule has 4 nitrogen and oxygen atoms in total. The number of aryl methyl sites for hydroxylation is 1. The summed E-state index contributed by atoms with van der Waals surface area (Å²) in [6.07, 6.45) is 3.00. The Bertz CT molecular complexity index is 546. The van der Waals surface area contributed by atoms with Gasteiger partial charge >= 0.3 is 0 Å². The van der Waals surface area contributed by atoms with Gasteiger partial charge in [-0.1, -0.05) is 6.92 Å². The monoisotopic (exact) mass is 330 g/mol. The number of rotatable bonds is 6. The molecule has 0 amide bonds. The second kappa shape index (κ2) is 7.22. The maximum atomic E-state index is 12.9. The summed E-state index contributed by atoms with van der Waals surface area (Å²) in [7, 11) is -3.36. The Balaban J connectivity index is 2.19. The number of hydrogen-bond acceptors (Lipinski definition) is 4. The standard InChI is InChI=1S/C15H26N2O2S2/c1-4-14-5-6-15(20-14)21(18,19)17(12(2)3)11-13-7-9-16-10-8-13/h5-6,12-13,16H,4,7-11H2,1-3H3. The summed E-state index contributed by atoms with van der Waals surface area (Å²) in [6.45, 7) is 8.61. The summed E-state index contributed by atoms with van der Waals surface area (Å²) in [5.74, 6) is 0.467. The smallest absolute Gasteiger partial charge is 0.252 e. The van der Waals surface area contributed by atoms with Crippen LogP contribution in [0.4, 0.5) is 0 Å². The average molecular weight is 331 g/mol. The van der Waals surface area contributed by atoms with Crippen molar-refractivity contribution in [3.05, 3.63) is 17.0 Å². The summed E-state index contributed by atoms with van der Waals surface area (Å²) in [5, 5.41) is 3.33. The van der Waals surface area contributed by atoms with Crippen LogP contribution in [0.2, 0.25) is 0 Å². The second-order valence-corrected chi connectivity index (χ2v) is 9.22. The van der Waals surface area contributed by atoms with Gasteiger partial charge in [0, 0.05) is 17.5 Å². The molecule has 0 aliphatic carbocycles. The Morgan fingerprint density at radius 3 is 2.52 bits per heavy atom. The van der Waals surface area contributed by atoms with Crippen molar-refractivity contribution in [3.8, 4) is 0 Å². The highest BCUT2D eigenvalue weighted by Gasteiger charge is 2.31. The lowest BCUT2D eigenvalue weighted by Crippen LogP contribution is -2.42. The first-order valence-electron chi connectivity index (χ1n) is 7.76. The van der Waals surface area contributed by atoms with E-state index in [1.54, 1.807) is 10.4 Å². The van der Waals surface area contributed by atoms with Gasteiger partial charge in [0.25, 0.3) is 10.0 Å². The fraction of sp³-hybridized carbons (Fsp3) is 0.733. The summed E-state index contributed by atoms with van der Waals surface area (Å²) < 4.78 is 28.0. The zero-order valence-corrected chi connectivity index (χ0v) is 14.8. The molecule has 0 bridgehead atoms. The van der Waals surface area contributed by atoms with Crippen LogP contribution in [0.5, 0.6) is 0 Å². The third-order valence-corrected chi connectivity index (χ3v) is 7.76. The Morgan fingerprint density at radius 2 is 2.00 bits per heavy atom. The molecule has 0 unspecified atom stereocenters. The first-order chi connectivity index (χ1) is 9.95. The van der Waals surface area contributed by atoms with Gasteiger partial charge < -0.3 is 5.32 Å². The van der Waals surface area contributed by atoms with Gasteiger partial charge in [0.1, 0.15) is 4.21 Å². The lowest BCUT2D eigenvalue weighted by Gasteiger charge is -2.31. The lowest BCUT2D eigenvalue weighted by atomic mass is 9.98. The lowest BCUT2D eigenvalue weighted by molar-refractivity contribution is 0.261. The zero-order valence-electron chi connectivity index (χ0n) is 13.1. The molecule has 1 fully saturated rings. The van der Waals surface area contributed by atoms with Crippen LogP contribution in [0.1, 0.15) is 38.5 Å². The van der Waals surface area contributed by atoms with Crippen LogP contribution in [-0.2, 0) is 16.4 Å². The zero-order chi connectivity index (χ0) is 15.5. The van der Waals surface area contributed by atoms with Crippen molar-refractivity contribution in [1.29, 1.82) is 0 Å². The van der Waals surface area contributed by atoms with Crippen LogP contribution in [-0.4, -0.2) is 38.4 Å². The van der Waals surface area contributed by atoms with Crippen LogP contribution in [0.3, 0.4) is 0 Å². The van der Waals surface area contributed by atoms with E-state index in [0.29, 0.717) is 16.7 Å². The predicted octanol–water partition coefficient (Wildman–Crippen LogP) is 2.71. The fourth-order valence-corrected chi connectivity index (χ4v) is 5.85. The van der Waals surface area contributed by atoms with Crippen molar-refractivity contribution in [2.45, 2.75) is 50.3 Å². The molecule has 1 aromatic rings. The molecule has 120 valence electrons. The van der Waals surface area contributed by atoms with Gasteiger partial charge in [0.2, 0.25) is 0 Å². The van der Waals surface area contributed by atoms with E-state index in [1.807, 2.05) is 19.9 Å². The van der Waals surface area contributed by atoms with Crippen molar-refractivity contribution in [3.63, 3.8) is 0 Å². The molecule has 0 saturated carbocycles. The van der Waals surface area contributed by atoms with E-state index in [1.165, 1.54) is 11.3 Å². The number of sulfonamides is 1. The van der Waals surface area contributed by atoms with Crippen LogP contribution >= 0.6 is 11.3 Å². The largest absolute Gasteiger partial charge is 0.317 e. The molecule has 0 radical (unpaired) electrons. The van der Waals surface area contributed by atoms with Crippen molar-refractivity contribution < 1.29 is 8.42 Å². The normalized spacial score (nSPS) is 17.8. The number of thiophene rings is 1. The van der Waals surface area contributed by atoms with E-state index in [9.17, 15) is 8.42 Å². The van der Waals surface area contributed by atoms with Crippen LogP contribution in [0, 0.1) is 5.92 Å². The SMILES string of the molecule is CCc1ccc(S(=O)(=O)N(CC2CCNCC2)C(C)C)s1. The van der Waals surface area contributed by atoms with Gasteiger partial charge in [-0.2, -0.15) is 4.31 Å². The van der Waals surface area contributed by atoms with Gasteiger partial charge in [0.05, 0.1) is 0 Å². The van der Waals surface area contributed by atoms with Crippen molar-refractivity contribution >= 4 is 21.4 Å². The summed E-state index contributed by atoms with van der Waals surface area (Å²) in [5.41, 5.74) is 0. The van der Waals surface area contributed by atoms with Crippen molar-refractivity contribution in [2.75, 3.05) is 19.6 Å². The molecule has 1 aliphatic rings. The molecular formula is C15H26N2O2S2. The van der Waals surface area contributed by atoms with E-state index in [2.05, 4.69) is 12.2 Å². The van der Waals surface area contributed by atoms with Crippen molar-refractivity contribution in [2.24, 2.45) is 5.92 Å². The topological polar surface area (TPSA) is 49.4 Å². The summed E-state index contributed by atoms with van der Waals surface area (Å²) >= 11 is 1.41. The predicted molar refractivity (Wildman–Crippen MR) is 88.3 cm³/mol. The highest BCUT2D eigenvalue weighted by Crippen LogP contribution is 2.28. The third-order valence-electron chi connectivity index (χ3n) is 4.02. The fourth-order valence-electron chi connectivity index (χ4n) is 2.71. The molecule has 0 spiro atoms. The van der Waals surface area contributed by atoms with Gasteiger partial charge in [-0.15, -0.1) is 11.3 Å². The molecule has 1 saturated heterocycles. The van der Waals surface area contributed by atoms with E-state index >= 15 is 0 Å². The minimum Gasteiger partial charge on any atom is -0.317 e. The minimum atomic E-state index is -3.36. The Hall–Kier alpha value is -0.430. The van der Waals surface area contributed by atoms with Gasteiger partial charge in [-0.25, -0.2) is 8.42 Å². The maximum Gasteiger partial charge on any atom is 0.252 e.